The average Bonchev–Trinajstić information content (AvgIpc) is 3.42. The summed E-state index contributed by atoms with van der Waals surface area (Å²) in [5, 5.41) is 0. The molecular formula is C26H27N5O3. The number of ether oxygens (including phenoxy) is 1. The largest absolute Gasteiger partial charge is 0.380 e. The molecule has 0 bridgehead atoms. The van der Waals surface area contributed by atoms with Crippen molar-refractivity contribution in [3.05, 3.63) is 87.2 Å². The molecule has 0 amide bonds. The van der Waals surface area contributed by atoms with Gasteiger partial charge in [-0.05, 0) is 31.0 Å². The van der Waals surface area contributed by atoms with Crippen LogP contribution in [-0.4, -0.2) is 36.3 Å². The number of imidazole rings is 2. The topological polar surface area (TPSA) is 75.5 Å². The van der Waals surface area contributed by atoms with Crippen LogP contribution < -0.4 is 11.2 Å². The van der Waals surface area contributed by atoms with Crippen molar-refractivity contribution in [3.8, 4) is 16.9 Å². The molecule has 2 aromatic carbocycles. The summed E-state index contributed by atoms with van der Waals surface area (Å²) in [4.78, 5) is 31.2. The van der Waals surface area contributed by atoms with Crippen LogP contribution in [0.15, 0.2) is 70.4 Å². The lowest BCUT2D eigenvalue weighted by molar-refractivity contribution is 0.137. The smallest absolute Gasteiger partial charge is 0.332 e. The Morgan fingerprint density at radius 1 is 0.971 bits per heavy atom. The van der Waals surface area contributed by atoms with Crippen LogP contribution in [0.5, 0.6) is 0 Å². The van der Waals surface area contributed by atoms with Gasteiger partial charge < -0.3 is 4.74 Å². The third kappa shape index (κ3) is 3.47. The molecule has 0 aliphatic rings. The zero-order valence-electron chi connectivity index (χ0n) is 19.6. The van der Waals surface area contributed by atoms with Gasteiger partial charge in [-0.2, -0.15) is 4.98 Å². The summed E-state index contributed by atoms with van der Waals surface area (Å²) < 4.78 is 11.9. The number of rotatable bonds is 7. The molecule has 0 aliphatic carbocycles. The molecule has 3 aromatic heterocycles. The van der Waals surface area contributed by atoms with E-state index >= 15 is 0 Å². The van der Waals surface area contributed by atoms with Gasteiger partial charge in [0, 0.05) is 31.1 Å². The third-order valence-corrected chi connectivity index (χ3v) is 6.19. The molecule has 0 atom stereocenters. The molecule has 0 saturated heterocycles. The van der Waals surface area contributed by atoms with E-state index in [4.69, 9.17) is 9.72 Å². The van der Waals surface area contributed by atoms with Crippen molar-refractivity contribution in [1.82, 2.24) is 23.1 Å². The number of benzene rings is 2. The number of fused-ring (bicyclic) bond motifs is 3. The van der Waals surface area contributed by atoms with Crippen LogP contribution in [0.25, 0.3) is 33.9 Å². The van der Waals surface area contributed by atoms with E-state index in [9.17, 15) is 9.59 Å². The molecule has 3 heterocycles. The maximum Gasteiger partial charge on any atom is 0.332 e. The van der Waals surface area contributed by atoms with Crippen molar-refractivity contribution in [2.75, 3.05) is 13.2 Å². The van der Waals surface area contributed by atoms with Crippen LogP contribution in [0.4, 0.5) is 0 Å². The minimum atomic E-state index is -0.403. The lowest BCUT2D eigenvalue weighted by atomic mass is 10.1. The zero-order valence-corrected chi connectivity index (χ0v) is 19.6. The van der Waals surface area contributed by atoms with E-state index in [1.807, 2.05) is 48.0 Å². The molecule has 8 heteroatoms. The number of aromatic nitrogens is 5. The second-order valence-corrected chi connectivity index (χ2v) is 8.19. The lowest BCUT2D eigenvalue weighted by Crippen LogP contribution is -2.40. The fourth-order valence-corrected chi connectivity index (χ4v) is 4.34. The van der Waals surface area contributed by atoms with Crippen LogP contribution in [-0.2, 0) is 24.8 Å². The lowest BCUT2D eigenvalue weighted by Gasteiger charge is -2.10. The van der Waals surface area contributed by atoms with E-state index < -0.39 is 5.69 Å². The van der Waals surface area contributed by atoms with Crippen molar-refractivity contribution in [3.63, 3.8) is 0 Å². The van der Waals surface area contributed by atoms with Gasteiger partial charge in [0.05, 0.1) is 18.8 Å². The Hall–Kier alpha value is -3.91. The first-order valence-corrected chi connectivity index (χ1v) is 11.5. The summed E-state index contributed by atoms with van der Waals surface area (Å²) in [6.45, 7) is 5.00. The minimum absolute atomic E-state index is 0.188. The highest BCUT2D eigenvalue weighted by atomic mass is 16.5. The van der Waals surface area contributed by atoms with Gasteiger partial charge in [-0.15, -0.1) is 0 Å². The highest BCUT2D eigenvalue weighted by Gasteiger charge is 2.22. The Morgan fingerprint density at radius 2 is 1.71 bits per heavy atom. The van der Waals surface area contributed by atoms with Crippen LogP contribution in [0.2, 0.25) is 0 Å². The Bertz CT molecular complexity index is 1590. The highest BCUT2D eigenvalue weighted by Crippen LogP contribution is 2.29. The monoisotopic (exact) mass is 457 g/mol. The standard InChI is InChI=1S/C26H27N5O3/c1-4-18-11-13-20(14-12-18)31-21(19-9-7-6-8-10-19)17-30-22-23(27-25(30)31)28(3)26(33)29(24(22)32)15-16-34-5-2/h6-14,17H,4-5,15-16H2,1-3H3. The molecule has 174 valence electrons. The van der Waals surface area contributed by atoms with Gasteiger partial charge in [-0.25, -0.2) is 4.79 Å². The summed E-state index contributed by atoms with van der Waals surface area (Å²) in [6.07, 6.45) is 2.87. The first-order chi connectivity index (χ1) is 16.5. The molecule has 0 unspecified atom stereocenters. The second-order valence-electron chi connectivity index (χ2n) is 8.19. The SMILES string of the molecule is CCOCCn1c(=O)c2c(nc3n(-c4ccc(CC)cc4)c(-c4ccccc4)cn23)n(C)c1=O. The van der Waals surface area contributed by atoms with Crippen LogP contribution >= 0.6 is 0 Å². The minimum Gasteiger partial charge on any atom is -0.380 e. The summed E-state index contributed by atoms with van der Waals surface area (Å²) in [6, 6.07) is 18.3. The van der Waals surface area contributed by atoms with Gasteiger partial charge in [-0.1, -0.05) is 49.4 Å². The molecule has 0 aliphatic heterocycles. The summed E-state index contributed by atoms with van der Waals surface area (Å²) in [5.41, 5.74) is 4.03. The molecular weight excluding hydrogens is 430 g/mol. The van der Waals surface area contributed by atoms with Crippen LogP contribution in [0.1, 0.15) is 19.4 Å². The van der Waals surface area contributed by atoms with Crippen molar-refractivity contribution in [2.45, 2.75) is 26.8 Å². The molecule has 0 saturated carbocycles. The quantitative estimate of drug-likeness (QED) is 0.351. The predicted octanol–water partition coefficient (Wildman–Crippen LogP) is 3.40. The van der Waals surface area contributed by atoms with E-state index in [0.29, 0.717) is 30.2 Å². The van der Waals surface area contributed by atoms with E-state index in [2.05, 4.69) is 31.2 Å². The fourth-order valence-electron chi connectivity index (χ4n) is 4.34. The van der Waals surface area contributed by atoms with Crippen molar-refractivity contribution in [2.24, 2.45) is 7.05 Å². The molecule has 0 fully saturated rings. The molecule has 5 rings (SSSR count). The Balaban J connectivity index is 1.83. The van der Waals surface area contributed by atoms with Crippen molar-refractivity contribution >= 4 is 16.9 Å². The predicted molar refractivity (Wildman–Crippen MR) is 133 cm³/mol. The van der Waals surface area contributed by atoms with E-state index in [1.54, 1.807) is 11.4 Å². The first kappa shape index (κ1) is 21.9. The van der Waals surface area contributed by atoms with Gasteiger partial charge in [0.25, 0.3) is 5.56 Å². The number of nitrogens with zero attached hydrogens (tertiary/aromatic N) is 5. The van der Waals surface area contributed by atoms with E-state index in [1.165, 1.54) is 14.7 Å². The van der Waals surface area contributed by atoms with Crippen molar-refractivity contribution in [1.29, 1.82) is 0 Å². The first-order valence-electron chi connectivity index (χ1n) is 11.5. The van der Waals surface area contributed by atoms with E-state index in [-0.39, 0.29) is 12.1 Å². The molecule has 0 spiro atoms. The Morgan fingerprint density at radius 3 is 2.38 bits per heavy atom. The van der Waals surface area contributed by atoms with Crippen molar-refractivity contribution < 1.29 is 4.74 Å². The number of aryl methyl sites for hydroxylation is 2. The molecule has 0 radical (unpaired) electrons. The summed E-state index contributed by atoms with van der Waals surface area (Å²) in [5.74, 6) is 0.577. The Labute approximate surface area is 196 Å². The maximum absolute atomic E-state index is 13.5. The van der Waals surface area contributed by atoms with Crippen LogP contribution in [0.3, 0.4) is 0 Å². The Kier molecular flexibility index (Phi) is 5.67. The number of hydrogen-bond donors (Lipinski definition) is 0. The average molecular weight is 458 g/mol. The zero-order chi connectivity index (χ0) is 23.8. The highest BCUT2D eigenvalue weighted by molar-refractivity contribution is 5.79. The normalized spacial score (nSPS) is 11.6. The second kappa shape index (κ2) is 8.79. The van der Waals surface area contributed by atoms with Gasteiger partial charge in [0.15, 0.2) is 11.2 Å². The molecule has 5 aromatic rings. The molecule has 34 heavy (non-hydrogen) atoms. The number of hydrogen-bond acceptors (Lipinski definition) is 4. The van der Waals surface area contributed by atoms with Gasteiger partial charge >= 0.3 is 5.69 Å². The van der Waals surface area contributed by atoms with Gasteiger partial charge in [0.1, 0.15) is 0 Å². The summed E-state index contributed by atoms with van der Waals surface area (Å²) in [7, 11) is 1.65. The fraction of sp³-hybridized carbons (Fsp3) is 0.269. The van der Waals surface area contributed by atoms with Gasteiger partial charge in [-0.3, -0.25) is 22.9 Å². The third-order valence-electron chi connectivity index (χ3n) is 6.19. The maximum atomic E-state index is 13.5. The molecule has 0 N–H and O–H groups in total. The molecule has 8 nitrogen and oxygen atoms in total. The summed E-state index contributed by atoms with van der Waals surface area (Å²) >= 11 is 0. The van der Waals surface area contributed by atoms with Crippen LogP contribution in [0, 0.1) is 0 Å². The van der Waals surface area contributed by atoms with Gasteiger partial charge in [0.2, 0.25) is 5.78 Å². The van der Waals surface area contributed by atoms with E-state index in [0.717, 1.165) is 23.4 Å².